The van der Waals surface area contributed by atoms with Crippen molar-refractivity contribution in [1.82, 2.24) is 20.1 Å². The topological polar surface area (TPSA) is 51.4 Å². The number of aryl methyl sites for hydroxylation is 1. The zero-order valence-corrected chi connectivity index (χ0v) is 17.1. The van der Waals surface area contributed by atoms with Gasteiger partial charge in [-0.15, -0.1) is 6.58 Å². The van der Waals surface area contributed by atoms with Crippen LogP contribution in [0.15, 0.2) is 36.9 Å². The second-order valence-corrected chi connectivity index (χ2v) is 7.77. The molecule has 0 bridgehead atoms. The highest BCUT2D eigenvalue weighted by Gasteiger charge is 2.36. The number of hydrogen-bond acceptors (Lipinski definition) is 2. The Morgan fingerprint density at radius 2 is 2.18 bits per heavy atom. The van der Waals surface area contributed by atoms with E-state index in [1.54, 1.807) is 0 Å². The average Bonchev–Trinajstić information content (AvgIpc) is 3.00. The molecule has 1 aliphatic carbocycles. The molecule has 4 rings (SSSR count). The van der Waals surface area contributed by atoms with Gasteiger partial charge in [-0.1, -0.05) is 24.3 Å². The Hall–Kier alpha value is -2.53. The first kappa shape index (κ1) is 18.8. The van der Waals surface area contributed by atoms with Crippen LogP contribution in [0.3, 0.4) is 0 Å². The smallest absolute Gasteiger partial charge is 0.317 e. The van der Waals surface area contributed by atoms with E-state index in [-0.39, 0.29) is 12.1 Å². The summed E-state index contributed by atoms with van der Waals surface area (Å²) in [5.74, 6) is 0. The number of carbonyl (C=O) groups is 1. The number of hydrogen-bond donors (Lipinski definition) is 2. The van der Waals surface area contributed by atoms with Crippen LogP contribution in [0.2, 0.25) is 0 Å². The highest BCUT2D eigenvalue weighted by Crippen LogP contribution is 2.41. The quantitative estimate of drug-likeness (QED) is 0.780. The van der Waals surface area contributed by atoms with Crippen LogP contribution in [0.25, 0.3) is 16.5 Å². The molecule has 2 amide bonds. The molecule has 2 heterocycles. The van der Waals surface area contributed by atoms with Crippen LogP contribution in [0, 0.1) is 6.92 Å². The molecule has 148 valence electrons. The number of carbonyl (C=O) groups excluding carboxylic acids is 1. The Balaban J connectivity index is 1.74. The van der Waals surface area contributed by atoms with Crippen molar-refractivity contribution < 1.29 is 4.79 Å². The minimum Gasteiger partial charge on any atom is -0.358 e. The standard InChI is InChI=1S/C23H30N4O/c1-5-11-27-14-16(25-23(28)26(6-2)7-3)12-19-17-9-8-10-20-22(17)18(13-21(19)27)15(4)24-20/h5,8-10,12,16,21,24H,1,6-7,11,13-14H2,2-4H3,(H,25,28)/t16-,21+/m0/s1. The predicted molar refractivity (Wildman–Crippen MR) is 116 cm³/mol. The van der Waals surface area contributed by atoms with E-state index in [0.717, 1.165) is 32.6 Å². The number of amides is 2. The van der Waals surface area contributed by atoms with Crippen molar-refractivity contribution in [3.05, 3.63) is 53.8 Å². The van der Waals surface area contributed by atoms with Crippen LogP contribution in [0.1, 0.15) is 30.7 Å². The van der Waals surface area contributed by atoms with Gasteiger partial charge in [-0.25, -0.2) is 4.79 Å². The van der Waals surface area contributed by atoms with Gasteiger partial charge >= 0.3 is 6.03 Å². The summed E-state index contributed by atoms with van der Waals surface area (Å²) < 4.78 is 0. The van der Waals surface area contributed by atoms with Crippen LogP contribution < -0.4 is 5.32 Å². The van der Waals surface area contributed by atoms with Crippen molar-refractivity contribution >= 4 is 22.5 Å². The summed E-state index contributed by atoms with van der Waals surface area (Å²) in [6.07, 6.45) is 5.25. The number of aromatic amines is 1. The lowest BCUT2D eigenvalue weighted by Gasteiger charge is -2.42. The minimum atomic E-state index is -0.00357. The van der Waals surface area contributed by atoms with Crippen LogP contribution >= 0.6 is 0 Å². The second-order valence-electron chi connectivity index (χ2n) is 7.77. The number of fused-ring (bicyclic) bond motifs is 2. The van der Waals surface area contributed by atoms with Gasteiger partial charge in [0.05, 0.1) is 6.04 Å². The van der Waals surface area contributed by atoms with Crippen molar-refractivity contribution in [3.8, 4) is 0 Å². The summed E-state index contributed by atoms with van der Waals surface area (Å²) >= 11 is 0. The number of nitrogens with one attached hydrogen (secondary N) is 2. The van der Waals surface area contributed by atoms with E-state index in [1.807, 2.05) is 24.8 Å². The number of rotatable bonds is 5. The lowest BCUT2D eigenvalue weighted by molar-refractivity contribution is 0.189. The largest absolute Gasteiger partial charge is 0.358 e. The van der Waals surface area contributed by atoms with E-state index in [4.69, 9.17) is 0 Å². The minimum absolute atomic E-state index is 0.00357. The van der Waals surface area contributed by atoms with E-state index in [2.05, 4.69) is 53.0 Å². The first-order valence-corrected chi connectivity index (χ1v) is 10.3. The molecule has 0 unspecified atom stereocenters. The van der Waals surface area contributed by atoms with E-state index in [9.17, 15) is 4.79 Å². The Kier molecular flexibility index (Phi) is 5.02. The monoisotopic (exact) mass is 378 g/mol. The van der Waals surface area contributed by atoms with Crippen LogP contribution in [-0.4, -0.2) is 59.1 Å². The van der Waals surface area contributed by atoms with Gasteiger partial charge in [-0.3, -0.25) is 4.90 Å². The number of aromatic nitrogens is 1. The molecule has 2 aromatic rings. The van der Waals surface area contributed by atoms with E-state index in [0.29, 0.717) is 6.04 Å². The van der Waals surface area contributed by atoms with Gasteiger partial charge in [-0.2, -0.15) is 0 Å². The van der Waals surface area contributed by atoms with Gasteiger partial charge in [0.1, 0.15) is 0 Å². The number of nitrogens with zero attached hydrogens (tertiary/aromatic N) is 2. The summed E-state index contributed by atoms with van der Waals surface area (Å²) in [6.45, 7) is 13.2. The van der Waals surface area contributed by atoms with E-state index < -0.39 is 0 Å². The van der Waals surface area contributed by atoms with Crippen molar-refractivity contribution in [3.63, 3.8) is 0 Å². The van der Waals surface area contributed by atoms with Gasteiger partial charge in [0, 0.05) is 48.8 Å². The summed E-state index contributed by atoms with van der Waals surface area (Å²) in [4.78, 5) is 20.5. The van der Waals surface area contributed by atoms with Crippen LogP contribution in [0.5, 0.6) is 0 Å². The van der Waals surface area contributed by atoms with Gasteiger partial charge in [0.15, 0.2) is 0 Å². The second kappa shape index (κ2) is 7.47. The Morgan fingerprint density at radius 1 is 1.39 bits per heavy atom. The zero-order valence-electron chi connectivity index (χ0n) is 17.1. The molecule has 2 aliphatic rings. The third-order valence-corrected chi connectivity index (χ3v) is 6.18. The van der Waals surface area contributed by atoms with Crippen molar-refractivity contribution in [1.29, 1.82) is 0 Å². The average molecular weight is 379 g/mol. The van der Waals surface area contributed by atoms with E-state index >= 15 is 0 Å². The molecule has 5 nitrogen and oxygen atoms in total. The maximum atomic E-state index is 12.6. The number of urea groups is 1. The Labute approximate surface area is 167 Å². The molecule has 1 aromatic heterocycles. The third-order valence-electron chi connectivity index (χ3n) is 6.18. The van der Waals surface area contributed by atoms with Gasteiger partial charge in [0.25, 0.3) is 0 Å². The SMILES string of the molecule is C=CCN1C[C@@H](NC(=O)N(CC)CC)C=C2c3cccc4[nH]c(C)c(c34)C[C@H]21. The maximum Gasteiger partial charge on any atom is 0.317 e. The molecular formula is C23H30N4O. The third kappa shape index (κ3) is 3.04. The molecule has 2 atom stereocenters. The number of H-pyrrole nitrogens is 1. The first-order valence-electron chi connectivity index (χ1n) is 10.3. The molecular weight excluding hydrogens is 348 g/mol. The molecule has 0 fully saturated rings. The lowest BCUT2D eigenvalue weighted by atomic mass is 9.80. The van der Waals surface area contributed by atoms with Crippen molar-refractivity contribution in [2.45, 2.75) is 39.3 Å². The van der Waals surface area contributed by atoms with Crippen LogP contribution in [0.4, 0.5) is 4.79 Å². The van der Waals surface area contributed by atoms with E-state index in [1.165, 1.54) is 33.3 Å². The normalized spacial score (nSPS) is 21.2. The molecule has 0 spiro atoms. The molecule has 0 saturated carbocycles. The fraction of sp³-hybridized carbons (Fsp3) is 0.435. The fourth-order valence-electron chi connectivity index (χ4n) is 4.82. The maximum absolute atomic E-state index is 12.6. The fourth-order valence-corrected chi connectivity index (χ4v) is 4.82. The summed E-state index contributed by atoms with van der Waals surface area (Å²) in [6, 6.07) is 6.83. The van der Waals surface area contributed by atoms with Crippen LogP contribution in [-0.2, 0) is 6.42 Å². The summed E-state index contributed by atoms with van der Waals surface area (Å²) in [5.41, 5.74) is 6.51. The van der Waals surface area contributed by atoms with Crippen molar-refractivity contribution in [2.75, 3.05) is 26.2 Å². The molecule has 28 heavy (non-hydrogen) atoms. The summed E-state index contributed by atoms with van der Waals surface area (Å²) in [5, 5.41) is 4.57. The molecule has 0 saturated heterocycles. The van der Waals surface area contributed by atoms with Crippen molar-refractivity contribution in [2.24, 2.45) is 0 Å². The molecule has 1 aliphatic heterocycles. The highest BCUT2D eigenvalue weighted by atomic mass is 16.2. The molecule has 0 radical (unpaired) electrons. The summed E-state index contributed by atoms with van der Waals surface area (Å²) in [7, 11) is 0. The lowest BCUT2D eigenvalue weighted by Crippen LogP contribution is -2.54. The van der Waals surface area contributed by atoms with Gasteiger partial charge < -0.3 is 15.2 Å². The molecule has 5 heteroatoms. The Morgan fingerprint density at radius 3 is 2.89 bits per heavy atom. The zero-order chi connectivity index (χ0) is 19.8. The molecule has 1 aromatic carbocycles. The predicted octanol–water partition coefficient (Wildman–Crippen LogP) is 3.71. The Bertz CT molecular complexity index is 937. The highest BCUT2D eigenvalue weighted by molar-refractivity contribution is 5.99. The number of benzene rings is 1. The van der Waals surface area contributed by atoms with Gasteiger partial charge in [0.2, 0.25) is 0 Å². The van der Waals surface area contributed by atoms with Gasteiger partial charge in [-0.05, 0) is 50.0 Å². The molecule has 2 N–H and O–H groups in total. The first-order chi connectivity index (χ1) is 13.6.